The summed E-state index contributed by atoms with van der Waals surface area (Å²) in [5, 5.41) is 9.58. The zero-order chi connectivity index (χ0) is 19.6. The molecule has 0 aliphatic carbocycles. The van der Waals surface area contributed by atoms with Crippen LogP contribution in [0.4, 0.5) is 4.79 Å². The smallest absolute Gasteiger partial charge is 0.407 e. The Bertz CT molecular complexity index is 863. The van der Waals surface area contributed by atoms with Gasteiger partial charge in [0.1, 0.15) is 0 Å². The van der Waals surface area contributed by atoms with Gasteiger partial charge in [-0.05, 0) is 51.8 Å². The van der Waals surface area contributed by atoms with Gasteiger partial charge in [0.25, 0.3) is 5.56 Å². The third-order valence-electron chi connectivity index (χ3n) is 5.25. The van der Waals surface area contributed by atoms with Crippen molar-refractivity contribution in [3.63, 3.8) is 0 Å². The van der Waals surface area contributed by atoms with Gasteiger partial charge in [-0.1, -0.05) is 0 Å². The minimum atomic E-state index is -0.851. The molecule has 0 atom stereocenters. The highest BCUT2D eigenvalue weighted by molar-refractivity contribution is 5.73. The number of piperidine rings is 1. The van der Waals surface area contributed by atoms with Crippen molar-refractivity contribution >= 4 is 17.1 Å². The van der Waals surface area contributed by atoms with Gasteiger partial charge in [0.2, 0.25) is 0 Å². The van der Waals surface area contributed by atoms with Crippen LogP contribution in [0.5, 0.6) is 0 Å². The molecule has 1 fully saturated rings. The maximum absolute atomic E-state index is 12.3. The number of rotatable bonds is 4. The maximum Gasteiger partial charge on any atom is 0.407 e. The third kappa shape index (κ3) is 4.30. The molecule has 0 aromatic carbocycles. The van der Waals surface area contributed by atoms with Gasteiger partial charge in [-0.3, -0.25) is 9.78 Å². The van der Waals surface area contributed by atoms with Gasteiger partial charge >= 0.3 is 6.09 Å². The highest BCUT2D eigenvalue weighted by Gasteiger charge is 2.35. The molecule has 0 bridgehead atoms. The van der Waals surface area contributed by atoms with Crippen LogP contribution < -0.4 is 5.56 Å². The molecule has 0 radical (unpaired) electrons. The summed E-state index contributed by atoms with van der Waals surface area (Å²) in [6.45, 7) is 8.86. The predicted molar refractivity (Wildman–Crippen MR) is 105 cm³/mol. The van der Waals surface area contributed by atoms with E-state index in [0.29, 0.717) is 6.54 Å². The Morgan fingerprint density at radius 2 is 1.93 bits per heavy atom. The Morgan fingerprint density at radius 3 is 2.56 bits per heavy atom. The molecule has 3 rings (SSSR count). The Kier molecular flexibility index (Phi) is 5.51. The fourth-order valence-corrected chi connectivity index (χ4v) is 3.99. The van der Waals surface area contributed by atoms with E-state index < -0.39 is 11.6 Å². The number of hydrogen-bond acceptors (Lipinski definition) is 4. The number of pyridine rings is 2. The molecule has 1 amide bonds. The molecular formula is C20H28N4O3. The summed E-state index contributed by atoms with van der Waals surface area (Å²) in [4.78, 5) is 32.2. The first-order chi connectivity index (χ1) is 12.8. The van der Waals surface area contributed by atoms with E-state index in [-0.39, 0.29) is 11.6 Å². The number of carbonyl (C=O) groups is 1. The molecule has 0 spiro atoms. The van der Waals surface area contributed by atoms with Crippen molar-refractivity contribution in [1.82, 2.24) is 19.4 Å². The van der Waals surface area contributed by atoms with Crippen LogP contribution in [0.3, 0.4) is 0 Å². The number of carboxylic acid groups (broad SMARTS) is 1. The fraction of sp³-hybridized carbons (Fsp3) is 0.550. The SMILES string of the molecule is CC(C)(C)N(C(=O)O)C1CCN(CCn2c(=O)ccc3ncccc32)CC1. The van der Waals surface area contributed by atoms with E-state index >= 15 is 0 Å². The minimum Gasteiger partial charge on any atom is -0.465 e. The monoisotopic (exact) mass is 372 g/mol. The van der Waals surface area contributed by atoms with Crippen LogP contribution >= 0.6 is 0 Å². The molecule has 1 aliphatic rings. The van der Waals surface area contributed by atoms with E-state index in [0.717, 1.165) is 43.5 Å². The molecule has 3 heterocycles. The summed E-state index contributed by atoms with van der Waals surface area (Å²) < 4.78 is 1.77. The van der Waals surface area contributed by atoms with Crippen molar-refractivity contribution < 1.29 is 9.90 Å². The first-order valence-electron chi connectivity index (χ1n) is 9.46. The van der Waals surface area contributed by atoms with Gasteiger partial charge in [0.05, 0.1) is 11.0 Å². The Hall–Kier alpha value is -2.41. The van der Waals surface area contributed by atoms with Gasteiger partial charge in [0, 0.05) is 50.0 Å². The number of aromatic nitrogens is 2. The average Bonchev–Trinajstić information content (AvgIpc) is 2.60. The Morgan fingerprint density at radius 1 is 1.22 bits per heavy atom. The van der Waals surface area contributed by atoms with Crippen molar-refractivity contribution in [2.24, 2.45) is 0 Å². The number of fused-ring (bicyclic) bond motifs is 1. The first-order valence-corrected chi connectivity index (χ1v) is 9.46. The summed E-state index contributed by atoms with van der Waals surface area (Å²) in [6.07, 6.45) is 2.51. The third-order valence-corrected chi connectivity index (χ3v) is 5.25. The van der Waals surface area contributed by atoms with Crippen LogP contribution in [0.1, 0.15) is 33.6 Å². The van der Waals surface area contributed by atoms with E-state index in [1.165, 1.54) is 0 Å². The lowest BCUT2D eigenvalue weighted by Crippen LogP contribution is -2.54. The van der Waals surface area contributed by atoms with Crippen molar-refractivity contribution in [3.8, 4) is 0 Å². The molecule has 0 saturated carbocycles. The number of amides is 1. The Labute approximate surface area is 159 Å². The lowest BCUT2D eigenvalue weighted by atomic mass is 9.97. The van der Waals surface area contributed by atoms with Crippen LogP contribution in [-0.2, 0) is 6.54 Å². The molecule has 1 N–H and O–H groups in total. The quantitative estimate of drug-likeness (QED) is 0.893. The molecule has 146 valence electrons. The fourth-order valence-electron chi connectivity index (χ4n) is 3.99. The average molecular weight is 372 g/mol. The number of nitrogens with zero attached hydrogens (tertiary/aromatic N) is 4. The van der Waals surface area contributed by atoms with Crippen molar-refractivity contribution in [3.05, 3.63) is 40.8 Å². The van der Waals surface area contributed by atoms with E-state index in [2.05, 4.69) is 9.88 Å². The molecule has 27 heavy (non-hydrogen) atoms. The second-order valence-corrected chi connectivity index (χ2v) is 8.13. The maximum atomic E-state index is 12.3. The first kappa shape index (κ1) is 19.4. The van der Waals surface area contributed by atoms with Gasteiger partial charge in [-0.15, -0.1) is 0 Å². The van der Waals surface area contributed by atoms with E-state index in [9.17, 15) is 14.7 Å². The van der Waals surface area contributed by atoms with E-state index in [1.807, 2.05) is 32.9 Å². The number of hydrogen-bond donors (Lipinski definition) is 1. The topological polar surface area (TPSA) is 78.7 Å². The van der Waals surface area contributed by atoms with Gasteiger partial charge in [-0.2, -0.15) is 0 Å². The molecule has 7 nitrogen and oxygen atoms in total. The van der Waals surface area contributed by atoms with E-state index in [1.54, 1.807) is 27.8 Å². The summed E-state index contributed by atoms with van der Waals surface area (Å²) in [7, 11) is 0. The highest BCUT2D eigenvalue weighted by Crippen LogP contribution is 2.24. The van der Waals surface area contributed by atoms with Crippen LogP contribution in [0.25, 0.3) is 11.0 Å². The van der Waals surface area contributed by atoms with Crippen molar-refractivity contribution in [2.45, 2.75) is 51.7 Å². The van der Waals surface area contributed by atoms with Crippen LogP contribution in [0, 0.1) is 0 Å². The normalized spacial score (nSPS) is 16.6. The summed E-state index contributed by atoms with van der Waals surface area (Å²) in [5.74, 6) is 0. The zero-order valence-corrected chi connectivity index (χ0v) is 16.3. The largest absolute Gasteiger partial charge is 0.465 e. The molecule has 0 unspecified atom stereocenters. The van der Waals surface area contributed by atoms with Crippen molar-refractivity contribution in [2.75, 3.05) is 19.6 Å². The van der Waals surface area contributed by atoms with Gasteiger partial charge in [-0.25, -0.2) is 4.79 Å². The van der Waals surface area contributed by atoms with Crippen LogP contribution in [0.15, 0.2) is 35.3 Å². The standard InChI is InChI=1S/C20H28N4O3/c1-20(2,3)24(19(26)27)15-8-11-22(12-9-15)13-14-23-17-5-4-10-21-16(17)6-7-18(23)25/h4-7,10,15H,8-9,11-14H2,1-3H3,(H,26,27). The van der Waals surface area contributed by atoms with Crippen molar-refractivity contribution in [1.29, 1.82) is 0 Å². The molecular weight excluding hydrogens is 344 g/mol. The highest BCUT2D eigenvalue weighted by atomic mass is 16.4. The summed E-state index contributed by atoms with van der Waals surface area (Å²) in [6, 6.07) is 7.13. The lowest BCUT2D eigenvalue weighted by molar-refractivity contribution is 0.0417. The molecule has 1 saturated heterocycles. The number of likely N-dealkylation sites (tertiary alicyclic amines) is 1. The van der Waals surface area contributed by atoms with Crippen LogP contribution in [-0.4, -0.2) is 61.8 Å². The van der Waals surface area contributed by atoms with E-state index in [4.69, 9.17) is 0 Å². The lowest BCUT2D eigenvalue weighted by Gasteiger charge is -2.43. The Balaban J connectivity index is 1.63. The molecule has 2 aromatic rings. The second kappa shape index (κ2) is 7.68. The van der Waals surface area contributed by atoms with Crippen LogP contribution in [0.2, 0.25) is 0 Å². The molecule has 7 heteroatoms. The van der Waals surface area contributed by atoms with Gasteiger partial charge in [0.15, 0.2) is 0 Å². The molecule has 2 aromatic heterocycles. The minimum absolute atomic E-state index is 0.0184. The molecule has 1 aliphatic heterocycles. The summed E-state index contributed by atoms with van der Waals surface area (Å²) >= 11 is 0. The predicted octanol–water partition coefficient (Wildman–Crippen LogP) is 2.64. The zero-order valence-electron chi connectivity index (χ0n) is 16.3. The summed E-state index contributed by atoms with van der Waals surface area (Å²) in [5.41, 5.74) is 1.25. The second-order valence-electron chi connectivity index (χ2n) is 8.13. The van der Waals surface area contributed by atoms with Gasteiger partial charge < -0.3 is 19.5 Å².